The molecule has 3 atom stereocenters. The minimum Gasteiger partial charge on any atom is -0.344 e. The second-order valence-electron chi connectivity index (χ2n) is 7.03. The topological polar surface area (TPSA) is 41.1 Å². The minimum absolute atomic E-state index is 0.189. The van der Waals surface area contributed by atoms with Gasteiger partial charge in [-0.05, 0) is 37.2 Å². The Hall–Kier alpha value is -1.56. The van der Waals surface area contributed by atoms with Crippen LogP contribution in [0.4, 0.5) is 13.2 Å². The lowest BCUT2D eigenvalue weighted by Gasteiger charge is -2.29. The van der Waals surface area contributed by atoms with Crippen LogP contribution < -0.4 is 10.6 Å². The van der Waals surface area contributed by atoms with E-state index in [2.05, 4.69) is 10.6 Å². The number of hydrogen-bond donors (Lipinski definition) is 2. The maximum atomic E-state index is 13.3. The molecule has 3 rings (SSSR count). The van der Waals surface area contributed by atoms with E-state index in [9.17, 15) is 18.0 Å². The number of carbonyl (C=O) groups is 1. The molecule has 0 aliphatic carbocycles. The highest BCUT2D eigenvalue weighted by Gasteiger charge is 2.41. The van der Waals surface area contributed by atoms with E-state index in [1.54, 1.807) is 30.3 Å². The molecule has 3 unspecified atom stereocenters. The summed E-state index contributed by atoms with van der Waals surface area (Å²) in [4.78, 5) is 12.2. The molecule has 1 aromatic carbocycles. The minimum atomic E-state index is -4.45. The summed E-state index contributed by atoms with van der Waals surface area (Å²) in [5.74, 6) is -0.297. The van der Waals surface area contributed by atoms with Gasteiger partial charge in [-0.2, -0.15) is 13.2 Å². The highest BCUT2D eigenvalue weighted by atomic mass is 19.4. The lowest BCUT2D eigenvalue weighted by Crippen LogP contribution is -2.48. The quantitative estimate of drug-likeness (QED) is 0.864. The van der Waals surface area contributed by atoms with Crippen LogP contribution in [0.3, 0.4) is 0 Å². The van der Waals surface area contributed by atoms with Crippen molar-refractivity contribution >= 4 is 5.91 Å². The molecule has 1 aromatic rings. The van der Waals surface area contributed by atoms with Crippen LogP contribution in [0.1, 0.15) is 37.7 Å². The molecule has 2 heterocycles. The van der Waals surface area contributed by atoms with Gasteiger partial charge in [-0.1, -0.05) is 30.3 Å². The molecule has 0 aromatic heterocycles. The van der Waals surface area contributed by atoms with E-state index < -0.39 is 18.1 Å². The van der Waals surface area contributed by atoms with E-state index in [0.29, 0.717) is 17.6 Å². The molecule has 0 saturated carbocycles. The van der Waals surface area contributed by atoms with Gasteiger partial charge in [-0.15, -0.1) is 0 Å². The predicted octanol–water partition coefficient (Wildman–Crippen LogP) is 3.20. The molecule has 24 heavy (non-hydrogen) atoms. The van der Waals surface area contributed by atoms with E-state index in [4.69, 9.17) is 0 Å². The van der Waals surface area contributed by atoms with Crippen molar-refractivity contribution in [3.8, 4) is 0 Å². The van der Waals surface area contributed by atoms with E-state index >= 15 is 0 Å². The predicted molar refractivity (Wildman–Crippen MR) is 85.4 cm³/mol. The first kappa shape index (κ1) is 17.3. The number of carbonyl (C=O) groups excluding carboxylic acids is 1. The summed E-state index contributed by atoms with van der Waals surface area (Å²) in [6.07, 6.45) is -0.481. The number of piperidine rings is 1. The highest BCUT2D eigenvalue weighted by Crippen LogP contribution is 2.33. The zero-order chi connectivity index (χ0) is 17.2. The van der Waals surface area contributed by atoms with E-state index in [-0.39, 0.29) is 18.8 Å². The van der Waals surface area contributed by atoms with Crippen molar-refractivity contribution in [3.63, 3.8) is 0 Å². The van der Waals surface area contributed by atoms with Crippen LogP contribution in [0.25, 0.3) is 0 Å². The Bertz CT molecular complexity index is 549. The standard InChI is InChI=1S/C18H23F3N2O/c19-18(20,21)16(10-12-4-2-1-3-5-12)23-17(24)11-13-8-14-6-7-15(9-13)22-14/h1-5,13-16,22H,6-11H2,(H,23,24). The van der Waals surface area contributed by atoms with Crippen LogP contribution in [0, 0.1) is 5.92 Å². The van der Waals surface area contributed by atoms with Gasteiger partial charge in [0.05, 0.1) is 0 Å². The number of rotatable bonds is 5. The summed E-state index contributed by atoms with van der Waals surface area (Å²) < 4.78 is 39.8. The molecular weight excluding hydrogens is 317 g/mol. The maximum Gasteiger partial charge on any atom is 0.408 e. The number of fused-ring (bicyclic) bond motifs is 2. The molecule has 2 aliphatic heterocycles. The zero-order valence-corrected chi connectivity index (χ0v) is 13.5. The van der Waals surface area contributed by atoms with Crippen molar-refractivity contribution in [2.45, 2.75) is 62.8 Å². The largest absolute Gasteiger partial charge is 0.408 e. The Labute approximate surface area is 140 Å². The van der Waals surface area contributed by atoms with Crippen molar-refractivity contribution < 1.29 is 18.0 Å². The van der Waals surface area contributed by atoms with Gasteiger partial charge >= 0.3 is 6.18 Å². The Morgan fingerprint density at radius 3 is 2.38 bits per heavy atom. The average Bonchev–Trinajstić information content (AvgIpc) is 2.85. The summed E-state index contributed by atoms with van der Waals surface area (Å²) in [6, 6.07) is 7.51. The fourth-order valence-corrected chi connectivity index (χ4v) is 3.96. The van der Waals surface area contributed by atoms with Gasteiger partial charge in [0.15, 0.2) is 0 Å². The summed E-state index contributed by atoms with van der Waals surface area (Å²) in [5.41, 5.74) is 0.569. The van der Waals surface area contributed by atoms with Gasteiger partial charge in [-0.25, -0.2) is 0 Å². The van der Waals surface area contributed by atoms with Crippen molar-refractivity contribution in [1.29, 1.82) is 0 Å². The number of amides is 1. The zero-order valence-electron chi connectivity index (χ0n) is 13.5. The second kappa shape index (κ2) is 7.13. The van der Waals surface area contributed by atoms with Crippen LogP contribution >= 0.6 is 0 Å². The molecule has 0 radical (unpaired) electrons. The van der Waals surface area contributed by atoms with Crippen LogP contribution in [0.2, 0.25) is 0 Å². The summed E-state index contributed by atoms with van der Waals surface area (Å²) >= 11 is 0. The van der Waals surface area contributed by atoms with Crippen molar-refractivity contribution in [2.75, 3.05) is 0 Å². The van der Waals surface area contributed by atoms with E-state index in [1.807, 2.05) is 0 Å². The smallest absolute Gasteiger partial charge is 0.344 e. The van der Waals surface area contributed by atoms with Gasteiger partial charge in [0.1, 0.15) is 6.04 Å². The van der Waals surface area contributed by atoms with Gasteiger partial charge in [-0.3, -0.25) is 4.79 Å². The average molecular weight is 340 g/mol. The normalized spacial score (nSPS) is 27.7. The lowest BCUT2D eigenvalue weighted by molar-refractivity contribution is -0.161. The van der Waals surface area contributed by atoms with E-state index in [0.717, 1.165) is 25.7 Å². The second-order valence-corrected chi connectivity index (χ2v) is 7.03. The number of alkyl halides is 3. The molecule has 2 fully saturated rings. The lowest BCUT2D eigenvalue weighted by atomic mass is 9.89. The van der Waals surface area contributed by atoms with E-state index in [1.165, 1.54) is 0 Å². The molecule has 3 nitrogen and oxygen atoms in total. The van der Waals surface area contributed by atoms with Gasteiger partial charge in [0.25, 0.3) is 0 Å². The molecule has 2 aliphatic rings. The third-order valence-corrected chi connectivity index (χ3v) is 5.06. The van der Waals surface area contributed by atoms with Crippen LogP contribution in [0.5, 0.6) is 0 Å². The summed E-state index contributed by atoms with van der Waals surface area (Å²) in [7, 11) is 0. The Balaban J connectivity index is 1.57. The molecule has 132 valence electrons. The molecular formula is C18H23F3N2O. The van der Waals surface area contributed by atoms with Crippen molar-refractivity contribution in [2.24, 2.45) is 5.92 Å². The number of benzene rings is 1. The molecule has 6 heteroatoms. The first-order valence-electron chi connectivity index (χ1n) is 8.56. The number of hydrogen-bond acceptors (Lipinski definition) is 2. The molecule has 1 amide bonds. The fraction of sp³-hybridized carbons (Fsp3) is 0.611. The number of halogens is 3. The Morgan fingerprint density at radius 2 is 1.79 bits per heavy atom. The third kappa shape index (κ3) is 4.50. The Morgan fingerprint density at radius 1 is 1.17 bits per heavy atom. The van der Waals surface area contributed by atoms with Crippen LogP contribution in [-0.2, 0) is 11.2 Å². The first-order chi connectivity index (χ1) is 11.4. The molecule has 2 bridgehead atoms. The number of nitrogens with one attached hydrogen (secondary N) is 2. The van der Waals surface area contributed by atoms with Gasteiger partial charge in [0, 0.05) is 24.9 Å². The maximum absolute atomic E-state index is 13.3. The first-order valence-corrected chi connectivity index (χ1v) is 8.56. The Kier molecular flexibility index (Phi) is 5.13. The molecule has 2 N–H and O–H groups in total. The van der Waals surface area contributed by atoms with Crippen LogP contribution in [-0.4, -0.2) is 30.2 Å². The van der Waals surface area contributed by atoms with Crippen LogP contribution in [0.15, 0.2) is 30.3 Å². The molecule has 2 saturated heterocycles. The summed E-state index contributed by atoms with van der Waals surface area (Å²) in [5, 5.41) is 5.70. The molecule has 0 spiro atoms. The highest BCUT2D eigenvalue weighted by molar-refractivity contribution is 5.76. The fourth-order valence-electron chi connectivity index (χ4n) is 3.96. The van der Waals surface area contributed by atoms with Gasteiger partial charge in [0.2, 0.25) is 5.91 Å². The SMILES string of the molecule is O=C(CC1CC2CCC(C1)N2)NC(Cc1ccccc1)C(F)(F)F. The van der Waals surface area contributed by atoms with Crippen molar-refractivity contribution in [1.82, 2.24) is 10.6 Å². The summed E-state index contributed by atoms with van der Waals surface area (Å²) in [6.45, 7) is 0. The monoisotopic (exact) mass is 340 g/mol. The van der Waals surface area contributed by atoms with Gasteiger partial charge < -0.3 is 10.6 Å². The third-order valence-electron chi connectivity index (χ3n) is 5.06. The van der Waals surface area contributed by atoms with Crippen molar-refractivity contribution in [3.05, 3.63) is 35.9 Å².